The van der Waals surface area contributed by atoms with Gasteiger partial charge in [-0.2, -0.15) is 5.10 Å². The molecular weight excluding hydrogens is 418 g/mol. The number of ether oxygens (including phenoxy) is 2. The van der Waals surface area contributed by atoms with Gasteiger partial charge in [0, 0.05) is 5.69 Å². The number of rotatable bonds is 9. The minimum absolute atomic E-state index is 0.333. The van der Waals surface area contributed by atoms with Crippen LogP contribution in [0.25, 0.3) is 0 Å². The maximum absolute atomic E-state index is 12.0. The summed E-state index contributed by atoms with van der Waals surface area (Å²) in [5, 5.41) is 6.59. The molecule has 0 aliphatic rings. The van der Waals surface area contributed by atoms with E-state index in [0.29, 0.717) is 29.4 Å². The number of hydrogen-bond donors (Lipinski definition) is 2. The number of benzene rings is 3. The van der Waals surface area contributed by atoms with Gasteiger partial charge in [-0.25, -0.2) is 5.43 Å². The molecule has 7 heteroatoms. The topological polar surface area (TPSA) is 89.0 Å². The molecule has 0 aromatic heterocycles. The monoisotopic (exact) mass is 445 g/mol. The zero-order valence-electron chi connectivity index (χ0n) is 18.9. The number of carbonyl (C=O) groups is 2. The Bertz CT molecular complexity index is 1120. The summed E-state index contributed by atoms with van der Waals surface area (Å²) in [7, 11) is 1.56. The predicted molar refractivity (Wildman–Crippen MR) is 129 cm³/mol. The number of nitrogens with zero attached hydrogens (tertiary/aromatic N) is 1. The summed E-state index contributed by atoms with van der Waals surface area (Å²) in [5.74, 6) is 0.228. The van der Waals surface area contributed by atoms with Gasteiger partial charge in [0.05, 0.1) is 13.3 Å². The fourth-order valence-electron chi connectivity index (χ4n) is 2.94. The number of nitrogens with one attached hydrogen (secondary N) is 2. The van der Waals surface area contributed by atoms with Crippen LogP contribution in [0.15, 0.2) is 71.8 Å². The largest absolute Gasteiger partial charge is 0.493 e. The van der Waals surface area contributed by atoms with Crippen molar-refractivity contribution >= 4 is 23.7 Å². The Morgan fingerprint density at radius 3 is 2.21 bits per heavy atom. The molecular formula is C26H27N3O4. The van der Waals surface area contributed by atoms with E-state index in [0.717, 1.165) is 11.1 Å². The summed E-state index contributed by atoms with van der Waals surface area (Å²) in [6.07, 6.45) is 1.14. The highest BCUT2D eigenvalue weighted by molar-refractivity contribution is 6.03. The van der Waals surface area contributed by atoms with Gasteiger partial charge >= 0.3 is 0 Å². The second kappa shape index (κ2) is 11.5. The van der Waals surface area contributed by atoms with Crippen LogP contribution >= 0.6 is 0 Å². The first-order valence-corrected chi connectivity index (χ1v) is 10.5. The molecule has 0 spiro atoms. The molecule has 3 rings (SSSR count). The van der Waals surface area contributed by atoms with Crippen molar-refractivity contribution in [2.24, 2.45) is 5.10 Å². The van der Waals surface area contributed by atoms with Crippen molar-refractivity contribution in [3.05, 3.63) is 89.0 Å². The van der Waals surface area contributed by atoms with Crippen LogP contribution in [0.3, 0.4) is 0 Å². The van der Waals surface area contributed by atoms with Gasteiger partial charge in [-0.3, -0.25) is 9.59 Å². The van der Waals surface area contributed by atoms with Crippen LogP contribution in [-0.4, -0.2) is 25.1 Å². The van der Waals surface area contributed by atoms with E-state index in [1.54, 1.807) is 37.4 Å². The quantitative estimate of drug-likeness (QED) is 0.291. The van der Waals surface area contributed by atoms with Crippen LogP contribution < -0.4 is 20.2 Å². The molecule has 0 heterocycles. The second-order valence-corrected chi connectivity index (χ2v) is 7.57. The lowest BCUT2D eigenvalue weighted by molar-refractivity contribution is -0.126. The van der Waals surface area contributed by atoms with Crippen LogP contribution in [-0.2, 0) is 16.2 Å². The molecule has 0 fully saturated rings. The molecule has 7 nitrogen and oxygen atoms in total. The molecule has 2 amide bonds. The first-order chi connectivity index (χ1) is 15.9. The lowest BCUT2D eigenvalue weighted by Gasteiger charge is -2.11. The van der Waals surface area contributed by atoms with Crippen LogP contribution in [0.5, 0.6) is 11.5 Å². The number of hydrazone groups is 1. The molecule has 0 radical (unpaired) electrons. The Morgan fingerprint density at radius 2 is 1.55 bits per heavy atom. The van der Waals surface area contributed by atoms with Crippen molar-refractivity contribution < 1.29 is 19.1 Å². The molecule has 2 N–H and O–H groups in total. The van der Waals surface area contributed by atoms with Gasteiger partial charge < -0.3 is 14.8 Å². The highest BCUT2D eigenvalue weighted by Crippen LogP contribution is 2.28. The van der Waals surface area contributed by atoms with Crippen molar-refractivity contribution in [3.8, 4) is 11.5 Å². The summed E-state index contributed by atoms with van der Waals surface area (Å²) in [6.45, 7) is 4.42. The van der Waals surface area contributed by atoms with Crippen molar-refractivity contribution in [2.75, 3.05) is 12.4 Å². The van der Waals surface area contributed by atoms with E-state index in [2.05, 4.69) is 15.8 Å². The fourth-order valence-corrected chi connectivity index (χ4v) is 2.94. The van der Waals surface area contributed by atoms with E-state index >= 15 is 0 Å². The summed E-state index contributed by atoms with van der Waals surface area (Å²) < 4.78 is 11.3. The zero-order valence-corrected chi connectivity index (χ0v) is 18.9. The predicted octanol–water partition coefficient (Wildman–Crippen LogP) is 4.37. The number of aryl methyl sites for hydroxylation is 2. The van der Waals surface area contributed by atoms with Crippen molar-refractivity contribution in [3.63, 3.8) is 0 Å². The minimum atomic E-state index is -0.513. The van der Waals surface area contributed by atoms with E-state index < -0.39 is 11.8 Å². The van der Waals surface area contributed by atoms with Gasteiger partial charge in [0.1, 0.15) is 13.0 Å². The van der Waals surface area contributed by atoms with Gasteiger partial charge in [-0.1, -0.05) is 47.5 Å². The summed E-state index contributed by atoms with van der Waals surface area (Å²) >= 11 is 0. The Kier molecular flexibility index (Phi) is 8.18. The summed E-state index contributed by atoms with van der Waals surface area (Å²) in [6, 6.07) is 20.8. The lowest BCUT2D eigenvalue weighted by Crippen LogP contribution is -2.24. The standard InChI is InChI=1S/C26H27N3O4/c1-18-4-8-20(9-5-18)17-33-23-13-10-21(14-24(23)32-3)16-27-29-26(31)15-25(30)28-22-11-6-19(2)7-12-22/h4-14,16H,15,17H2,1-3H3,(H,28,30)(H,29,31). The van der Waals surface area contributed by atoms with E-state index in [1.807, 2.05) is 50.2 Å². The Labute approximate surface area is 193 Å². The molecule has 0 saturated carbocycles. The number of methoxy groups -OCH3 is 1. The molecule has 33 heavy (non-hydrogen) atoms. The molecule has 3 aromatic carbocycles. The van der Waals surface area contributed by atoms with Gasteiger partial charge in [-0.05, 0) is 55.3 Å². The van der Waals surface area contributed by atoms with E-state index in [4.69, 9.17) is 9.47 Å². The maximum Gasteiger partial charge on any atom is 0.249 e. The molecule has 3 aromatic rings. The maximum atomic E-state index is 12.0. The number of amides is 2. The summed E-state index contributed by atoms with van der Waals surface area (Å²) in [5.41, 5.74) is 7.04. The lowest BCUT2D eigenvalue weighted by atomic mass is 10.2. The second-order valence-electron chi connectivity index (χ2n) is 7.57. The Balaban J connectivity index is 1.50. The average Bonchev–Trinajstić information content (AvgIpc) is 2.80. The van der Waals surface area contributed by atoms with E-state index in [-0.39, 0.29) is 6.42 Å². The van der Waals surface area contributed by atoms with Crippen molar-refractivity contribution in [1.82, 2.24) is 5.43 Å². The Morgan fingerprint density at radius 1 is 0.879 bits per heavy atom. The number of anilines is 1. The molecule has 170 valence electrons. The number of hydrogen-bond acceptors (Lipinski definition) is 5. The first-order valence-electron chi connectivity index (χ1n) is 10.5. The third-order valence-electron chi connectivity index (χ3n) is 4.76. The molecule has 0 unspecified atom stereocenters. The Hall–Kier alpha value is -4.13. The third kappa shape index (κ3) is 7.50. The van der Waals surface area contributed by atoms with Crippen molar-refractivity contribution in [1.29, 1.82) is 0 Å². The SMILES string of the molecule is COc1cc(C=NNC(=O)CC(=O)Nc2ccc(C)cc2)ccc1OCc1ccc(C)cc1. The molecule has 0 aliphatic carbocycles. The molecule has 0 saturated heterocycles. The van der Waals surface area contributed by atoms with E-state index in [9.17, 15) is 9.59 Å². The minimum Gasteiger partial charge on any atom is -0.493 e. The van der Waals surface area contributed by atoms with Gasteiger partial charge in [-0.15, -0.1) is 0 Å². The van der Waals surface area contributed by atoms with Gasteiger partial charge in [0.2, 0.25) is 11.8 Å². The van der Waals surface area contributed by atoms with Crippen molar-refractivity contribution in [2.45, 2.75) is 26.9 Å². The van der Waals surface area contributed by atoms with Crippen LogP contribution in [0.1, 0.15) is 28.7 Å². The average molecular weight is 446 g/mol. The zero-order chi connectivity index (χ0) is 23.6. The van der Waals surface area contributed by atoms with Gasteiger partial charge in [0.25, 0.3) is 0 Å². The number of carbonyl (C=O) groups excluding carboxylic acids is 2. The first kappa shape index (κ1) is 23.5. The highest BCUT2D eigenvalue weighted by Gasteiger charge is 2.09. The third-order valence-corrected chi connectivity index (χ3v) is 4.76. The van der Waals surface area contributed by atoms with Crippen LogP contribution in [0, 0.1) is 13.8 Å². The summed E-state index contributed by atoms with van der Waals surface area (Å²) in [4.78, 5) is 24.0. The highest BCUT2D eigenvalue weighted by atomic mass is 16.5. The van der Waals surface area contributed by atoms with Crippen LogP contribution in [0.4, 0.5) is 5.69 Å². The van der Waals surface area contributed by atoms with Gasteiger partial charge in [0.15, 0.2) is 11.5 Å². The molecule has 0 atom stereocenters. The smallest absolute Gasteiger partial charge is 0.249 e. The van der Waals surface area contributed by atoms with E-state index in [1.165, 1.54) is 11.8 Å². The molecule has 0 aliphatic heterocycles. The van der Waals surface area contributed by atoms with Crippen LogP contribution in [0.2, 0.25) is 0 Å². The normalized spacial score (nSPS) is 10.6. The molecule has 0 bridgehead atoms. The fraction of sp³-hybridized carbons (Fsp3) is 0.192.